The number of ketones is 1. The van der Waals surface area contributed by atoms with Gasteiger partial charge in [-0.1, -0.05) is 0 Å². The van der Waals surface area contributed by atoms with Gasteiger partial charge in [-0.05, 0) is 34.6 Å². The summed E-state index contributed by atoms with van der Waals surface area (Å²) in [6, 6.07) is 0. The minimum Gasteiger partial charge on any atom is -0.550 e. The van der Waals surface area contributed by atoms with Gasteiger partial charge in [0.05, 0.1) is 20.0 Å². The Morgan fingerprint density at radius 1 is 1.24 bits per heavy atom. The first-order chi connectivity index (χ1) is 7.53. The molecule has 1 heterocycles. The number of carboxylic acid groups (broad SMARTS) is 1. The van der Waals surface area contributed by atoms with Crippen LogP contribution in [0.3, 0.4) is 0 Å². The second kappa shape index (κ2) is 5.60. The number of carbonyl (C=O) groups is 2. The van der Waals surface area contributed by atoms with E-state index in [0.717, 1.165) is 12.0 Å². The van der Waals surface area contributed by atoms with Gasteiger partial charge in [-0.3, -0.25) is 4.79 Å². The zero-order valence-corrected chi connectivity index (χ0v) is 11.5. The number of quaternary nitrogens is 1. The Bertz CT molecular complexity index is 273. The molecule has 0 aromatic carbocycles. The van der Waals surface area contributed by atoms with Gasteiger partial charge in [-0.15, -0.1) is 0 Å². The molecule has 1 saturated heterocycles. The Morgan fingerprint density at radius 3 is 1.76 bits per heavy atom. The fourth-order valence-corrected chi connectivity index (χ4v) is 2.68. The largest absolute Gasteiger partial charge is 0.550 e. The molecule has 5 heteroatoms. The molecule has 1 rings (SSSR count). The zero-order valence-electron chi connectivity index (χ0n) is 11.5. The summed E-state index contributed by atoms with van der Waals surface area (Å²) < 4.78 is 0. The number of Topliss-reactive ketones (excluding diaryl/α,β-unsaturated/α-hetero) is 1. The van der Waals surface area contributed by atoms with E-state index in [0.29, 0.717) is 18.6 Å². The van der Waals surface area contributed by atoms with Crippen molar-refractivity contribution in [1.82, 2.24) is 0 Å². The maximum Gasteiger partial charge on any atom is 0.145 e. The topological polar surface area (TPSA) is 70.9 Å². The van der Waals surface area contributed by atoms with Crippen LogP contribution in [0.5, 0.6) is 0 Å². The van der Waals surface area contributed by atoms with Gasteiger partial charge >= 0.3 is 0 Å². The molecule has 0 spiro atoms. The number of nitrogens with one attached hydrogen (secondary N) is 1. The second-order valence-corrected chi connectivity index (χ2v) is 5.68. The third kappa shape index (κ3) is 4.83. The molecule has 17 heavy (non-hydrogen) atoms. The number of rotatable bonds is 1. The SMILES string of the molecule is CC(=O)[O-].CO[NH+]1C(C)(C)CC(=O)CC1(C)C. The van der Waals surface area contributed by atoms with E-state index in [1.165, 1.54) is 0 Å². The quantitative estimate of drug-likeness (QED) is 0.650. The van der Waals surface area contributed by atoms with Crippen molar-refractivity contribution >= 4 is 11.8 Å². The van der Waals surface area contributed by atoms with E-state index in [2.05, 4.69) is 27.7 Å². The molecule has 0 atom stereocenters. The summed E-state index contributed by atoms with van der Waals surface area (Å²) >= 11 is 0. The van der Waals surface area contributed by atoms with Gasteiger partial charge in [-0.25, -0.2) is 4.84 Å². The van der Waals surface area contributed by atoms with Gasteiger partial charge < -0.3 is 9.90 Å². The normalized spacial score (nSPS) is 22.6. The van der Waals surface area contributed by atoms with Crippen molar-refractivity contribution in [2.45, 2.75) is 58.5 Å². The monoisotopic (exact) mass is 245 g/mol. The van der Waals surface area contributed by atoms with Crippen LogP contribution in [0, 0.1) is 0 Å². The maximum absolute atomic E-state index is 11.5. The number of aliphatic carboxylic acids is 1. The van der Waals surface area contributed by atoms with Crippen molar-refractivity contribution in [2.24, 2.45) is 0 Å². The van der Waals surface area contributed by atoms with Crippen molar-refractivity contribution < 1.29 is 24.6 Å². The van der Waals surface area contributed by atoms with Gasteiger partial charge in [0.1, 0.15) is 16.9 Å². The third-order valence-corrected chi connectivity index (χ3v) is 2.71. The van der Waals surface area contributed by atoms with Crippen LogP contribution in [0.15, 0.2) is 0 Å². The van der Waals surface area contributed by atoms with Crippen LogP contribution in [-0.2, 0) is 14.4 Å². The summed E-state index contributed by atoms with van der Waals surface area (Å²) in [4.78, 5) is 25.8. The molecule has 1 aliphatic rings. The fraction of sp³-hybridized carbons (Fsp3) is 0.833. The first-order valence-electron chi connectivity index (χ1n) is 5.64. The molecule has 0 bridgehead atoms. The van der Waals surface area contributed by atoms with E-state index >= 15 is 0 Å². The van der Waals surface area contributed by atoms with Gasteiger partial charge in [0.15, 0.2) is 0 Å². The van der Waals surface area contributed by atoms with Gasteiger partial charge in [-0.2, -0.15) is 5.06 Å². The molecule has 1 aliphatic heterocycles. The highest BCUT2D eigenvalue weighted by Crippen LogP contribution is 2.20. The third-order valence-electron chi connectivity index (χ3n) is 2.71. The lowest BCUT2D eigenvalue weighted by molar-refractivity contribution is -1.16. The van der Waals surface area contributed by atoms with E-state index < -0.39 is 5.97 Å². The molecule has 0 aromatic heterocycles. The number of hydroxylamine groups is 2. The van der Waals surface area contributed by atoms with Gasteiger partial charge in [0.25, 0.3) is 0 Å². The predicted molar refractivity (Wildman–Crippen MR) is 61.1 cm³/mol. The minimum atomic E-state index is -1.08. The Morgan fingerprint density at radius 2 is 1.53 bits per heavy atom. The first kappa shape index (κ1) is 16.1. The molecule has 100 valence electrons. The van der Waals surface area contributed by atoms with E-state index in [1.54, 1.807) is 7.11 Å². The molecule has 0 aliphatic carbocycles. The molecule has 1 N–H and O–H groups in total. The lowest BCUT2D eigenvalue weighted by atomic mass is 9.81. The zero-order chi connectivity index (χ0) is 13.9. The molecule has 0 amide bonds. The Balaban J connectivity index is 0.000000557. The minimum absolute atomic E-state index is 0.104. The molecular formula is C12H23NO4. The first-order valence-corrected chi connectivity index (χ1v) is 5.64. The summed E-state index contributed by atoms with van der Waals surface area (Å²) in [5.74, 6) is -0.740. The molecule has 0 saturated carbocycles. The number of carboxylic acids is 1. The van der Waals surface area contributed by atoms with Crippen LogP contribution < -0.4 is 10.2 Å². The Hall–Kier alpha value is -0.940. The average Bonchev–Trinajstić information content (AvgIpc) is 1.96. The van der Waals surface area contributed by atoms with E-state index in [-0.39, 0.29) is 11.1 Å². The number of carbonyl (C=O) groups excluding carboxylic acids is 2. The fourth-order valence-electron chi connectivity index (χ4n) is 2.68. The van der Waals surface area contributed by atoms with Crippen molar-refractivity contribution in [3.63, 3.8) is 0 Å². The van der Waals surface area contributed by atoms with E-state index in [4.69, 9.17) is 14.7 Å². The predicted octanol–water partition coefficient (Wildman–Crippen LogP) is -0.891. The van der Waals surface area contributed by atoms with Crippen molar-refractivity contribution in [1.29, 1.82) is 0 Å². The van der Waals surface area contributed by atoms with E-state index in [9.17, 15) is 4.79 Å². The lowest BCUT2D eigenvalue weighted by Gasteiger charge is -2.45. The second-order valence-electron chi connectivity index (χ2n) is 5.68. The van der Waals surface area contributed by atoms with Gasteiger partial charge in [0.2, 0.25) is 0 Å². The molecule has 0 radical (unpaired) electrons. The van der Waals surface area contributed by atoms with E-state index in [1.807, 2.05) is 0 Å². The molecule has 0 unspecified atom stereocenters. The maximum atomic E-state index is 11.5. The molecular weight excluding hydrogens is 222 g/mol. The summed E-state index contributed by atoms with van der Waals surface area (Å²) in [6.07, 6.45) is 1.22. The van der Waals surface area contributed by atoms with Crippen LogP contribution in [0.4, 0.5) is 0 Å². The number of hydrogen-bond acceptors (Lipinski definition) is 4. The van der Waals surface area contributed by atoms with Crippen molar-refractivity contribution in [3.8, 4) is 0 Å². The van der Waals surface area contributed by atoms with Gasteiger partial charge in [0, 0.05) is 5.97 Å². The smallest absolute Gasteiger partial charge is 0.145 e. The number of piperidine rings is 1. The van der Waals surface area contributed by atoms with Crippen LogP contribution in [-0.4, -0.2) is 29.9 Å². The summed E-state index contributed by atoms with van der Waals surface area (Å²) in [7, 11) is 1.70. The summed E-state index contributed by atoms with van der Waals surface area (Å²) in [5.41, 5.74) is -0.207. The molecule has 0 aromatic rings. The van der Waals surface area contributed by atoms with Crippen molar-refractivity contribution in [2.75, 3.05) is 7.11 Å². The highest BCUT2D eigenvalue weighted by molar-refractivity contribution is 5.80. The molecule has 5 nitrogen and oxygen atoms in total. The Labute approximate surface area is 103 Å². The highest BCUT2D eigenvalue weighted by atomic mass is 16.7. The van der Waals surface area contributed by atoms with Crippen LogP contribution in [0.2, 0.25) is 0 Å². The summed E-state index contributed by atoms with van der Waals surface area (Å²) in [6.45, 7) is 9.27. The lowest BCUT2D eigenvalue weighted by Crippen LogP contribution is -3.25. The number of hydrogen-bond donors (Lipinski definition) is 1. The summed E-state index contributed by atoms with van der Waals surface area (Å²) in [5, 5.41) is 9.94. The van der Waals surface area contributed by atoms with Crippen molar-refractivity contribution in [3.05, 3.63) is 0 Å². The standard InChI is InChI=1S/C10H19NO2.C2H4O2/c1-9(2)6-8(12)7-10(3,4)11(9)13-5;1-2(3)4/h6-7H2,1-5H3;1H3,(H,3,4). The highest BCUT2D eigenvalue weighted by Gasteiger charge is 2.50. The van der Waals surface area contributed by atoms with Crippen LogP contribution in [0.1, 0.15) is 47.5 Å². The average molecular weight is 245 g/mol. The molecule has 1 fully saturated rings. The Kier molecular flexibility index (Phi) is 5.29. The van der Waals surface area contributed by atoms with Crippen LogP contribution in [0.25, 0.3) is 0 Å². The van der Waals surface area contributed by atoms with Crippen LogP contribution >= 0.6 is 0 Å².